The van der Waals surface area contributed by atoms with E-state index < -0.39 is 0 Å². The molecule has 0 saturated carbocycles. The van der Waals surface area contributed by atoms with Crippen molar-refractivity contribution in [2.75, 3.05) is 23.8 Å². The Hall–Kier alpha value is -3.53. The lowest BCUT2D eigenvalue weighted by molar-refractivity contribution is 0.333. The van der Waals surface area contributed by atoms with Gasteiger partial charge in [0.25, 0.3) is 0 Å². The second-order valence-corrected chi connectivity index (χ2v) is 5.33. The van der Waals surface area contributed by atoms with Crippen LogP contribution in [0.5, 0.6) is 5.75 Å². The van der Waals surface area contributed by atoms with Crippen LogP contribution in [0.2, 0.25) is 0 Å². The summed E-state index contributed by atoms with van der Waals surface area (Å²) in [6, 6.07) is 15.0. The number of ether oxygens (including phenoxy) is 1. The molecule has 1 aromatic carbocycles. The number of aromatic amines is 1. The number of hydrogen-bond acceptors (Lipinski definition) is 5. The quantitative estimate of drug-likeness (QED) is 0.451. The first-order valence-corrected chi connectivity index (χ1v) is 7.84. The number of H-pyrrole nitrogens is 1. The zero-order chi connectivity index (χ0) is 17.5. The summed E-state index contributed by atoms with van der Waals surface area (Å²) in [5.41, 5.74) is 1.42. The number of benzene rings is 1. The van der Waals surface area contributed by atoms with Crippen molar-refractivity contribution >= 4 is 23.1 Å². The molecule has 3 N–H and O–H groups in total. The molecular formula is C18H18N6O. The van der Waals surface area contributed by atoms with Crippen LogP contribution in [0.15, 0.2) is 48.5 Å². The minimum Gasteiger partial charge on any atom is -0.492 e. The Kier molecular flexibility index (Phi) is 5.12. The first-order chi connectivity index (χ1) is 12.2. The lowest BCUT2D eigenvalue weighted by Crippen LogP contribution is -2.12. The van der Waals surface area contributed by atoms with Gasteiger partial charge in [-0.2, -0.15) is 5.10 Å². The first-order valence-electron chi connectivity index (χ1n) is 7.84. The second-order valence-electron chi connectivity index (χ2n) is 5.33. The van der Waals surface area contributed by atoms with E-state index >= 15 is 0 Å². The van der Waals surface area contributed by atoms with Crippen molar-refractivity contribution in [3.05, 3.63) is 65.6 Å². The van der Waals surface area contributed by atoms with Crippen molar-refractivity contribution in [3.8, 4) is 5.75 Å². The van der Waals surface area contributed by atoms with Gasteiger partial charge in [-0.05, 0) is 31.2 Å². The monoisotopic (exact) mass is 334 g/mol. The largest absolute Gasteiger partial charge is 0.492 e. The van der Waals surface area contributed by atoms with Crippen LogP contribution in [0.25, 0.3) is 4.85 Å². The van der Waals surface area contributed by atoms with Crippen molar-refractivity contribution in [3.63, 3.8) is 0 Å². The fourth-order valence-electron chi connectivity index (χ4n) is 2.21. The van der Waals surface area contributed by atoms with Gasteiger partial charge < -0.3 is 15.4 Å². The number of rotatable bonds is 7. The summed E-state index contributed by atoms with van der Waals surface area (Å²) in [6.07, 6.45) is 0. The zero-order valence-corrected chi connectivity index (χ0v) is 13.8. The molecule has 0 aliphatic rings. The predicted molar refractivity (Wildman–Crippen MR) is 97.5 cm³/mol. The van der Waals surface area contributed by atoms with E-state index in [1.54, 1.807) is 12.1 Å². The number of aromatic nitrogens is 3. The summed E-state index contributed by atoms with van der Waals surface area (Å²) in [5.74, 6) is 2.63. The average molecular weight is 334 g/mol. The Morgan fingerprint density at radius 2 is 2.00 bits per heavy atom. The van der Waals surface area contributed by atoms with Crippen molar-refractivity contribution in [1.82, 2.24) is 15.2 Å². The number of pyridine rings is 1. The van der Waals surface area contributed by atoms with Gasteiger partial charge in [0.15, 0.2) is 5.82 Å². The maximum absolute atomic E-state index is 7.27. The molecule has 25 heavy (non-hydrogen) atoms. The molecular weight excluding hydrogens is 316 g/mol. The zero-order valence-electron chi connectivity index (χ0n) is 13.8. The highest BCUT2D eigenvalue weighted by Crippen LogP contribution is 2.25. The fourth-order valence-corrected chi connectivity index (χ4v) is 2.21. The van der Waals surface area contributed by atoms with Gasteiger partial charge >= 0.3 is 0 Å². The van der Waals surface area contributed by atoms with Gasteiger partial charge in [0.1, 0.15) is 24.0 Å². The van der Waals surface area contributed by atoms with Gasteiger partial charge in [-0.25, -0.2) is 9.83 Å². The van der Waals surface area contributed by atoms with Crippen LogP contribution in [-0.2, 0) is 0 Å². The van der Waals surface area contributed by atoms with E-state index in [1.165, 1.54) is 0 Å². The Bertz CT molecular complexity index is 869. The van der Waals surface area contributed by atoms with E-state index in [9.17, 15) is 0 Å². The molecule has 0 saturated heterocycles. The molecule has 0 amide bonds. The standard InChI is InChI=1S/C18H18N6O/c1-13-12-17(24-23-13)21-16-9-8-15(19-2)18(22-16)20-10-11-25-14-6-4-3-5-7-14/h3-9,12H,10-11H2,1H3,(H3,20,21,22,23,24). The van der Waals surface area contributed by atoms with E-state index in [-0.39, 0.29) is 0 Å². The molecule has 0 bridgehead atoms. The smallest absolute Gasteiger partial charge is 0.228 e. The van der Waals surface area contributed by atoms with Crippen LogP contribution in [0.1, 0.15) is 5.69 Å². The number of nitrogens with zero attached hydrogens (tertiary/aromatic N) is 3. The average Bonchev–Trinajstić information content (AvgIpc) is 3.04. The van der Waals surface area contributed by atoms with Gasteiger partial charge in [-0.1, -0.05) is 18.2 Å². The van der Waals surface area contributed by atoms with E-state index in [0.717, 1.165) is 11.4 Å². The summed E-state index contributed by atoms with van der Waals surface area (Å²) in [6.45, 7) is 10.2. The van der Waals surface area contributed by atoms with Crippen LogP contribution in [-0.4, -0.2) is 28.3 Å². The molecule has 2 aromatic heterocycles. The van der Waals surface area contributed by atoms with Crippen LogP contribution in [0.3, 0.4) is 0 Å². The summed E-state index contributed by atoms with van der Waals surface area (Å²) in [7, 11) is 0. The number of hydrogen-bond donors (Lipinski definition) is 3. The third-order valence-electron chi connectivity index (χ3n) is 3.36. The Labute approximate surface area is 145 Å². The van der Waals surface area contributed by atoms with Crippen molar-refractivity contribution in [2.24, 2.45) is 0 Å². The van der Waals surface area contributed by atoms with Gasteiger partial charge in [0.05, 0.1) is 6.57 Å². The second kappa shape index (κ2) is 7.84. The summed E-state index contributed by atoms with van der Waals surface area (Å²) in [4.78, 5) is 7.94. The van der Waals surface area contributed by atoms with Gasteiger partial charge in [0, 0.05) is 18.3 Å². The third-order valence-corrected chi connectivity index (χ3v) is 3.36. The van der Waals surface area contributed by atoms with Crippen molar-refractivity contribution in [1.29, 1.82) is 0 Å². The normalized spacial score (nSPS) is 10.1. The summed E-state index contributed by atoms with van der Waals surface area (Å²) in [5, 5.41) is 13.2. The number of anilines is 3. The van der Waals surface area contributed by atoms with Crippen LogP contribution in [0.4, 0.5) is 23.1 Å². The Morgan fingerprint density at radius 3 is 2.72 bits per heavy atom. The van der Waals surface area contributed by atoms with Crippen molar-refractivity contribution < 1.29 is 4.74 Å². The number of para-hydroxylation sites is 1. The molecule has 0 aliphatic carbocycles. The van der Waals surface area contributed by atoms with E-state index in [2.05, 4.69) is 30.7 Å². The maximum Gasteiger partial charge on any atom is 0.228 e. The molecule has 0 unspecified atom stereocenters. The molecule has 7 nitrogen and oxygen atoms in total. The molecule has 0 fully saturated rings. The van der Waals surface area contributed by atoms with Crippen molar-refractivity contribution in [2.45, 2.75) is 6.92 Å². The summed E-state index contributed by atoms with van der Waals surface area (Å²) >= 11 is 0. The molecule has 0 radical (unpaired) electrons. The highest BCUT2D eigenvalue weighted by Gasteiger charge is 2.07. The molecule has 3 aromatic rings. The maximum atomic E-state index is 7.27. The van der Waals surface area contributed by atoms with Crippen LogP contribution < -0.4 is 15.4 Å². The Morgan fingerprint density at radius 1 is 1.16 bits per heavy atom. The van der Waals surface area contributed by atoms with E-state index in [4.69, 9.17) is 11.3 Å². The molecule has 2 heterocycles. The van der Waals surface area contributed by atoms with Crippen LogP contribution >= 0.6 is 0 Å². The van der Waals surface area contributed by atoms with Gasteiger partial charge in [0.2, 0.25) is 5.69 Å². The lowest BCUT2D eigenvalue weighted by Gasteiger charge is -2.11. The molecule has 7 heteroatoms. The molecule has 126 valence electrons. The first kappa shape index (κ1) is 16.3. The van der Waals surface area contributed by atoms with Gasteiger partial charge in [-0.3, -0.25) is 5.10 Å². The third kappa shape index (κ3) is 4.48. The molecule has 0 atom stereocenters. The highest BCUT2D eigenvalue weighted by molar-refractivity contribution is 5.69. The van der Waals surface area contributed by atoms with E-state index in [0.29, 0.717) is 36.3 Å². The summed E-state index contributed by atoms with van der Waals surface area (Å²) < 4.78 is 5.63. The molecule has 3 rings (SSSR count). The van der Waals surface area contributed by atoms with Gasteiger partial charge in [-0.15, -0.1) is 0 Å². The minimum absolute atomic E-state index is 0.462. The molecule has 0 spiro atoms. The SMILES string of the molecule is [C-]#[N+]c1ccc(Nc2cc(C)[nH]n2)nc1NCCOc1ccccc1. The Balaban J connectivity index is 1.61. The van der Waals surface area contributed by atoms with Crippen LogP contribution in [0, 0.1) is 13.5 Å². The molecule has 0 aliphatic heterocycles. The predicted octanol–water partition coefficient (Wildman–Crippen LogP) is 3.90. The number of aryl methyl sites for hydroxylation is 1. The topological polar surface area (TPSA) is 79.2 Å². The minimum atomic E-state index is 0.462. The lowest BCUT2D eigenvalue weighted by atomic mass is 10.3. The van der Waals surface area contributed by atoms with E-state index in [1.807, 2.05) is 43.3 Å². The highest BCUT2D eigenvalue weighted by atomic mass is 16.5. The number of nitrogens with one attached hydrogen (secondary N) is 3. The fraction of sp³-hybridized carbons (Fsp3) is 0.167.